The molecule has 0 amide bonds. The molecule has 3 radical (unpaired) electrons. The molecule has 0 aromatic rings. The molecule has 0 aromatic heterocycles. The Hall–Kier alpha value is 0.309. The molecule has 3 rings (SSSR count). The molecule has 0 atom stereocenters. The van der Waals surface area contributed by atoms with Crippen LogP contribution in [0.25, 0.3) is 0 Å². The topological polar surface area (TPSA) is 0 Å². The summed E-state index contributed by atoms with van der Waals surface area (Å²) >= 11 is 1.02. The Morgan fingerprint density at radius 3 is 0.706 bits per heavy atom. The van der Waals surface area contributed by atoms with E-state index in [9.17, 15) is 0 Å². The summed E-state index contributed by atoms with van der Waals surface area (Å²) in [5.74, 6) is 0. The number of hydrogen-bond donors (Lipinski definition) is 0. The van der Waals surface area contributed by atoms with Crippen molar-refractivity contribution in [2.45, 2.75) is 57.8 Å². The Kier molecular flexibility index (Phi) is 16.6. The van der Waals surface area contributed by atoms with E-state index in [1.165, 1.54) is 57.8 Å². The first-order valence-corrected chi connectivity index (χ1v) is 10.3. The summed E-state index contributed by atoms with van der Waals surface area (Å²) in [7, 11) is 4.73. The first-order chi connectivity index (χ1) is 8.50. The summed E-state index contributed by atoms with van der Waals surface area (Å²) in [5.41, 5.74) is 0. The molecule has 0 unspecified atom stereocenters. The van der Waals surface area contributed by atoms with E-state index in [1.807, 2.05) is 0 Å². The van der Waals surface area contributed by atoms with Gasteiger partial charge < -0.3 is 0 Å². The fourth-order valence-electron chi connectivity index (χ4n) is 1.77. The van der Waals surface area contributed by atoms with E-state index in [0.717, 1.165) is 21.4 Å². The monoisotopic (exact) mass is 359 g/mol. The molecule has 95 valence electrons. The molecule has 17 heavy (non-hydrogen) atoms. The van der Waals surface area contributed by atoms with Crippen LogP contribution in [0.1, 0.15) is 57.8 Å². The van der Waals surface area contributed by atoms with E-state index in [-0.39, 0.29) is 0 Å². The van der Waals surface area contributed by atoms with Gasteiger partial charge in [0.2, 0.25) is 0 Å². The van der Waals surface area contributed by atoms with Gasteiger partial charge >= 0.3 is 30.3 Å². The van der Waals surface area contributed by atoms with Crippen LogP contribution in [0.4, 0.5) is 0 Å². The summed E-state index contributed by atoms with van der Waals surface area (Å²) in [6, 6.07) is 0. The zero-order valence-corrected chi connectivity index (χ0v) is 14.3. The van der Waals surface area contributed by atoms with E-state index in [2.05, 4.69) is 36.5 Å². The third-order valence-electron chi connectivity index (χ3n) is 2.72. The normalized spacial score (nSPS) is 18.7. The van der Waals surface area contributed by atoms with Crippen LogP contribution in [0.15, 0.2) is 36.5 Å². The second-order valence-electron chi connectivity index (χ2n) is 4.21. The standard InChI is InChI=1S/3C5H8.ClH.Sn/c3*1-2-4-5-3-1;;/h3*1-2H,3-5H2;1H;/q;;;;+1/p-1. The van der Waals surface area contributed by atoms with Gasteiger partial charge in [0, 0.05) is 0 Å². The summed E-state index contributed by atoms with van der Waals surface area (Å²) in [4.78, 5) is 0. The molecular formula is C15H24ClSn. The Balaban J connectivity index is 0.000000211. The zero-order valence-electron chi connectivity index (χ0n) is 10.7. The maximum absolute atomic E-state index is 4.73. The van der Waals surface area contributed by atoms with Crippen LogP contribution in [0.3, 0.4) is 0 Å². The number of allylic oxidation sites excluding steroid dienone is 6. The van der Waals surface area contributed by atoms with E-state index in [4.69, 9.17) is 8.92 Å². The molecule has 0 saturated carbocycles. The zero-order chi connectivity index (χ0) is 12.6. The molecule has 0 bridgehead atoms. The molecule has 0 aliphatic heterocycles. The number of rotatable bonds is 0. The first kappa shape index (κ1) is 17.3. The van der Waals surface area contributed by atoms with Crippen LogP contribution in [0, 0.1) is 0 Å². The van der Waals surface area contributed by atoms with Crippen molar-refractivity contribution in [1.29, 1.82) is 0 Å². The quantitative estimate of drug-likeness (QED) is 0.397. The molecule has 0 nitrogen and oxygen atoms in total. The average Bonchev–Trinajstić information content (AvgIpc) is 3.16. The van der Waals surface area contributed by atoms with E-state index >= 15 is 0 Å². The van der Waals surface area contributed by atoms with Crippen molar-refractivity contribution >= 4 is 30.3 Å². The van der Waals surface area contributed by atoms with Crippen molar-refractivity contribution < 1.29 is 0 Å². The van der Waals surface area contributed by atoms with Crippen LogP contribution in [-0.4, -0.2) is 21.4 Å². The third kappa shape index (κ3) is 14.2. The Bertz CT molecular complexity index is 163. The molecule has 2 heteroatoms. The Morgan fingerprint density at radius 1 is 0.471 bits per heavy atom. The van der Waals surface area contributed by atoms with Gasteiger partial charge in [0.25, 0.3) is 0 Å². The fourth-order valence-corrected chi connectivity index (χ4v) is 1.77. The van der Waals surface area contributed by atoms with Gasteiger partial charge in [0.15, 0.2) is 0 Å². The van der Waals surface area contributed by atoms with Gasteiger partial charge in [0.1, 0.15) is 0 Å². The van der Waals surface area contributed by atoms with Gasteiger partial charge in [-0.3, -0.25) is 0 Å². The van der Waals surface area contributed by atoms with Gasteiger partial charge in [-0.05, 0) is 57.8 Å². The van der Waals surface area contributed by atoms with E-state index in [1.54, 1.807) is 0 Å². The predicted molar refractivity (Wildman–Crippen MR) is 80.6 cm³/mol. The van der Waals surface area contributed by atoms with Crippen LogP contribution in [-0.2, 0) is 0 Å². The SMILES string of the molecule is C1=CCCC1.C1=CCCC1.C1=CCCC1.[Cl][Sn]. The van der Waals surface area contributed by atoms with Gasteiger partial charge in [-0.2, -0.15) is 0 Å². The predicted octanol–water partition coefficient (Wildman–Crippen LogP) is 5.49. The average molecular weight is 359 g/mol. The van der Waals surface area contributed by atoms with Gasteiger partial charge in [-0.1, -0.05) is 36.5 Å². The molecule has 0 fully saturated rings. The summed E-state index contributed by atoms with van der Waals surface area (Å²) in [5, 5.41) is 0. The summed E-state index contributed by atoms with van der Waals surface area (Å²) in [6.07, 6.45) is 25.5. The number of halogens is 1. The summed E-state index contributed by atoms with van der Waals surface area (Å²) < 4.78 is 0. The van der Waals surface area contributed by atoms with Crippen molar-refractivity contribution in [3.05, 3.63) is 36.5 Å². The van der Waals surface area contributed by atoms with Crippen LogP contribution in [0.2, 0.25) is 0 Å². The molecule has 0 N–H and O–H groups in total. The van der Waals surface area contributed by atoms with Crippen molar-refractivity contribution in [2.24, 2.45) is 0 Å². The van der Waals surface area contributed by atoms with Crippen molar-refractivity contribution in [2.75, 3.05) is 0 Å². The molecule has 0 heterocycles. The molecule has 3 aliphatic carbocycles. The molecule has 0 spiro atoms. The minimum atomic E-state index is 1.02. The molecule has 0 aromatic carbocycles. The van der Waals surface area contributed by atoms with Crippen molar-refractivity contribution in [1.82, 2.24) is 0 Å². The maximum atomic E-state index is 4.73. The third-order valence-corrected chi connectivity index (χ3v) is 2.72. The van der Waals surface area contributed by atoms with Crippen LogP contribution in [0.5, 0.6) is 0 Å². The Labute approximate surface area is 124 Å². The number of hydrogen-bond acceptors (Lipinski definition) is 0. The van der Waals surface area contributed by atoms with Crippen LogP contribution < -0.4 is 0 Å². The summed E-state index contributed by atoms with van der Waals surface area (Å²) in [6.45, 7) is 0. The first-order valence-electron chi connectivity index (χ1n) is 6.64. The van der Waals surface area contributed by atoms with Crippen molar-refractivity contribution in [3.63, 3.8) is 0 Å². The second kappa shape index (κ2) is 16.3. The molecule has 0 saturated heterocycles. The molecule has 3 aliphatic rings. The van der Waals surface area contributed by atoms with Gasteiger partial charge in [0.05, 0.1) is 0 Å². The fraction of sp³-hybridized carbons (Fsp3) is 0.600. The van der Waals surface area contributed by atoms with E-state index < -0.39 is 0 Å². The van der Waals surface area contributed by atoms with Gasteiger partial charge in [-0.25, -0.2) is 0 Å². The minimum absolute atomic E-state index is 1.02. The van der Waals surface area contributed by atoms with E-state index in [0.29, 0.717) is 0 Å². The van der Waals surface area contributed by atoms with Crippen LogP contribution >= 0.6 is 8.92 Å². The van der Waals surface area contributed by atoms with Gasteiger partial charge in [-0.15, -0.1) is 0 Å². The second-order valence-corrected chi connectivity index (χ2v) is 4.21. The Morgan fingerprint density at radius 2 is 0.647 bits per heavy atom. The molecular weight excluding hydrogens is 334 g/mol. The van der Waals surface area contributed by atoms with Crippen molar-refractivity contribution in [3.8, 4) is 0 Å².